The molecule has 2 N–H and O–H groups in total. The Morgan fingerprint density at radius 1 is 1.12 bits per heavy atom. The minimum Gasteiger partial charge on any atom is -0.373 e. The summed E-state index contributed by atoms with van der Waals surface area (Å²) >= 11 is 0. The molecule has 8 nitrogen and oxygen atoms in total. The Balaban J connectivity index is 1.45. The highest BCUT2D eigenvalue weighted by Crippen LogP contribution is 2.23. The van der Waals surface area contributed by atoms with E-state index in [1.165, 1.54) is 16.4 Å². The quantitative estimate of drug-likeness (QED) is 0.534. The molecule has 2 heterocycles. The van der Waals surface area contributed by atoms with Gasteiger partial charge in [-0.2, -0.15) is 4.31 Å². The number of nitrogens with one attached hydrogen (secondary N) is 2. The van der Waals surface area contributed by atoms with Crippen molar-refractivity contribution in [3.8, 4) is 11.3 Å². The number of aromatic amines is 1. The average molecular weight is 483 g/mol. The fourth-order valence-electron chi connectivity index (χ4n) is 4.14. The van der Waals surface area contributed by atoms with E-state index < -0.39 is 10.0 Å². The van der Waals surface area contributed by atoms with Gasteiger partial charge in [0.25, 0.3) is 5.91 Å². The van der Waals surface area contributed by atoms with Crippen LogP contribution < -0.4 is 5.32 Å². The number of aromatic nitrogens is 2. The van der Waals surface area contributed by atoms with Gasteiger partial charge in [0.05, 0.1) is 35.0 Å². The van der Waals surface area contributed by atoms with Crippen LogP contribution in [0.3, 0.4) is 0 Å². The molecule has 2 aromatic carbocycles. The molecule has 1 fully saturated rings. The number of morpholine rings is 1. The van der Waals surface area contributed by atoms with Crippen LogP contribution in [-0.2, 0) is 14.8 Å². The van der Waals surface area contributed by atoms with Gasteiger partial charge in [-0.3, -0.25) is 4.79 Å². The van der Waals surface area contributed by atoms with Crippen LogP contribution in [0.1, 0.15) is 49.4 Å². The lowest BCUT2D eigenvalue weighted by atomic mass is 10.1. The number of hydrogen-bond donors (Lipinski definition) is 2. The third-order valence-electron chi connectivity index (χ3n) is 5.86. The zero-order chi connectivity index (χ0) is 24.3. The highest BCUT2D eigenvalue weighted by atomic mass is 32.2. The van der Waals surface area contributed by atoms with Crippen molar-refractivity contribution in [1.82, 2.24) is 19.6 Å². The summed E-state index contributed by atoms with van der Waals surface area (Å²) in [6.45, 7) is 6.30. The molecule has 1 aromatic heterocycles. The lowest BCUT2D eigenvalue weighted by Gasteiger charge is -2.34. The summed E-state index contributed by atoms with van der Waals surface area (Å²) in [6, 6.07) is 15.6. The molecule has 4 rings (SSSR count). The molecule has 180 valence electrons. The summed E-state index contributed by atoms with van der Waals surface area (Å²) in [4.78, 5) is 20.8. The lowest BCUT2D eigenvalue weighted by molar-refractivity contribution is -0.0440. The largest absolute Gasteiger partial charge is 0.373 e. The third kappa shape index (κ3) is 5.22. The topological polar surface area (TPSA) is 104 Å². The highest BCUT2D eigenvalue weighted by molar-refractivity contribution is 7.89. The Labute approximate surface area is 200 Å². The van der Waals surface area contributed by atoms with Crippen LogP contribution in [0.4, 0.5) is 0 Å². The van der Waals surface area contributed by atoms with Gasteiger partial charge in [-0.1, -0.05) is 37.3 Å². The summed E-state index contributed by atoms with van der Waals surface area (Å²) in [5.41, 5.74) is 2.28. The molecule has 1 amide bonds. The molecule has 0 spiro atoms. The first-order chi connectivity index (χ1) is 16.3. The van der Waals surface area contributed by atoms with Gasteiger partial charge in [-0.25, -0.2) is 13.4 Å². The number of rotatable bonds is 7. The molecule has 3 atom stereocenters. The van der Waals surface area contributed by atoms with Crippen molar-refractivity contribution < 1.29 is 17.9 Å². The maximum atomic E-state index is 13.0. The molecule has 1 aliphatic heterocycles. The van der Waals surface area contributed by atoms with Crippen molar-refractivity contribution in [2.24, 2.45) is 0 Å². The smallest absolute Gasteiger partial charge is 0.251 e. The molecule has 0 radical (unpaired) electrons. The van der Waals surface area contributed by atoms with Crippen LogP contribution in [0, 0.1) is 0 Å². The second-order valence-corrected chi connectivity index (χ2v) is 10.5. The van der Waals surface area contributed by atoms with E-state index in [1.807, 2.05) is 51.1 Å². The normalized spacial score (nSPS) is 20.1. The lowest BCUT2D eigenvalue weighted by Crippen LogP contribution is -2.48. The van der Waals surface area contributed by atoms with Gasteiger partial charge >= 0.3 is 0 Å². The van der Waals surface area contributed by atoms with E-state index in [0.29, 0.717) is 30.9 Å². The van der Waals surface area contributed by atoms with Crippen molar-refractivity contribution in [3.63, 3.8) is 0 Å². The van der Waals surface area contributed by atoms with Crippen molar-refractivity contribution >= 4 is 15.9 Å². The van der Waals surface area contributed by atoms with E-state index in [2.05, 4.69) is 15.3 Å². The van der Waals surface area contributed by atoms with E-state index in [-0.39, 0.29) is 29.1 Å². The number of carbonyl (C=O) groups is 1. The van der Waals surface area contributed by atoms with Crippen LogP contribution in [0.5, 0.6) is 0 Å². The second-order valence-electron chi connectivity index (χ2n) is 8.59. The molecule has 3 aromatic rings. The number of H-pyrrole nitrogens is 1. The monoisotopic (exact) mass is 482 g/mol. The van der Waals surface area contributed by atoms with Crippen LogP contribution >= 0.6 is 0 Å². The first kappa shape index (κ1) is 24.1. The van der Waals surface area contributed by atoms with Gasteiger partial charge in [-0.05, 0) is 50.1 Å². The first-order valence-corrected chi connectivity index (χ1v) is 12.9. The predicted molar refractivity (Wildman–Crippen MR) is 130 cm³/mol. The number of hydrogen-bond acceptors (Lipinski definition) is 5. The minimum atomic E-state index is -3.66. The molecular weight excluding hydrogens is 452 g/mol. The second kappa shape index (κ2) is 10.1. The Morgan fingerprint density at radius 2 is 1.76 bits per heavy atom. The van der Waals surface area contributed by atoms with Gasteiger partial charge in [-0.15, -0.1) is 0 Å². The summed E-state index contributed by atoms with van der Waals surface area (Å²) in [5.74, 6) is 0.381. The standard InChI is InChI=1S/C25H30N4O4S/c1-4-22(24-26-14-23(27-24)19-8-6-5-7-9-19)28-25(30)20-10-12-21(13-11-20)34(31,32)29-15-17(2)33-18(3)16-29/h5-14,17-18,22H,4,15-16H2,1-3H3,(H,26,27)(H,28,30). The number of nitrogens with zero attached hydrogens (tertiary/aromatic N) is 2. The highest BCUT2D eigenvalue weighted by Gasteiger charge is 2.32. The Bertz CT molecular complexity index is 1220. The van der Waals surface area contributed by atoms with E-state index in [4.69, 9.17) is 4.74 Å². The third-order valence-corrected chi connectivity index (χ3v) is 7.71. The maximum absolute atomic E-state index is 13.0. The Kier molecular flexibility index (Phi) is 7.16. The van der Waals surface area contributed by atoms with E-state index in [0.717, 1.165) is 11.3 Å². The van der Waals surface area contributed by atoms with Crippen molar-refractivity contribution in [2.75, 3.05) is 13.1 Å². The van der Waals surface area contributed by atoms with Gasteiger partial charge in [0.15, 0.2) is 0 Å². The fraction of sp³-hybridized carbons (Fsp3) is 0.360. The van der Waals surface area contributed by atoms with Crippen molar-refractivity contribution in [1.29, 1.82) is 0 Å². The molecule has 1 saturated heterocycles. The number of carbonyl (C=O) groups excluding carboxylic acids is 1. The molecule has 9 heteroatoms. The summed E-state index contributed by atoms with van der Waals surface area (Å²) < 4.78 is 33.2. The van der Waals surface area contributed by atoms with Crippen LogP contribution in [0.2, 0.25) is 0 Å². The summed E-state index contributed by atoms with van der Waals surface area (Å²) in [7, 11) is -3.66. The molecule has 0 aliphatic carbocycles. The molecular formula is C25H30N4O4S. The van der Waals surface area contributed by atoms with E-state index >= 15 is 0 Å². The number of sulfonamides is 1. The maximum Gasteiger partial charge on any atom is 0.251 e. The zero-order valence-electron chi connectivity index (χ0n) is 19.6. The van der Waals surface area contributed by atoms with Gasteiger partial charge in [0.2, 0.25) is 10.0 Å². The molecule has 0 saturated carbocycles. The summed E-state index contributed by atoms with van der Waals surface area (Å²) in [6.07, 6.45) is 2.07. The van der Waals surface area contributed by atoms with Crippen LogP contribution in [0.15, 0.2) is 65.7 Å². The Morgan fingerprint density at radius 3 is 2.38 bits per heavy atom. The van der Waals surface area contributed by atoms with Crippen LogP contribution in [-0.4, -0.2) is 53.9 Å². The average Bonchev–Trinajstić information content (AvgIpc) is 3.32. The molecule has 0 bridgehead atoms. The number of amides is 1. The fourth-order valence-corrected chi connectivity index (χ4v) is 5.73. The first-order valence-electron chi connectivity index (χ1n) is 11.4. The summed E-state index contributed by atoms with van der Waals surface area (Å²) in [5, 5.41) is 2.99. The number of imidazole rings is 1. The molecule has 34 heavy (non-hydrogen) atoms. The molecule has 1 aliphatic rings. The number of benzene rings is 2. The SMILES string of the molecule is CCC(NC(=O)c1ccc(S(=O)(=O)N2CC(C)OC(C)C2)cc1)c1ncc(-c2ccccc2)[nH]1. The van der Waals surface area contributed by atoms with E-state index in [9.17, 15) is 13.2 Å². The van der Waals surface area contributed by atoms with E-state index in [1.54, 1.807) is 18.3 Å². The minimum absolute atomic E-state index is 0.163. The van der Waals surface area contributed by atoms with Crippen molar-refractivity contribution in [3.05, 3.63) is 72.2 Å². The zero-order valence-corrected chi connectivity index (χ0v) is 20.4. The molecule has 3 unspecified atom stereocenters. The Hall–Kier alpha value is -3.01. The predicted octanol–water partition coefficient (Wildman–Crippen LogP) is 3.76. The van der Waals surface area contributed by atoms with Crippen LogP contribution in [0.25, 0.3) is 11.3 Å². The van der Waals surface area contributed by atoms with Gasteiger partial charge in [0, 0.05) is 18.7 Å². The van der Waals surface area contributed by atoms with Gasteiger partial charge in [0.1, 0.15) is 5.82 Å². The van der Waals surface area contributed by atoms with Crippen molar-refractivity contribution in [2.45, 2.75) is 50.3 Å². The van der Waals surface area contributed by atoms with Gasteiger partial charge < -0.3 is 15.0 Å². The number of ether oxygens (including phenoxy) is 1.